The summed E-state index contributed by atoms with van der Waals surface area (Å²) >= 11 is 3.28. The largest absolute Gasteiger partial charge is 0.491 e. The van der Waals surface area contributed by atoms with Gasteiger partial charge in [0, 0.05) is 10.5 Å². The molecule has 0 bridgehead atoms. The molecule has 0 aliphatic carbocycles. The van der Waals surface area contributed by atoms with Gasteiger partial charge in [0.25, 0.3) is 5.91 Å². The van der Waals surface area contributed by atoms with E-state index in [0.717, 1.165) is 24.2 Å². The Morgan fingerprint density at radius 2 is 1.79 bits per heavy atom. The third-order valence-corrected chi connectivity index (χ3v) is 5.65. The minimum Gasteiger partial charge on any atom is -0.491 e. The average molecular weight is 469 g/mol. The predicted octanol–water partition coefficient (Wildman–Crippen LogP) is 3.63. The Bertz CT molecular complexity index is 928. The molecular formula is C20H25BrN2O4S. The summed E-state index contributed by atoms with van der Waals surface area (Å²) in [6.07, 6.45) is 1.66. The van der Waals surface area contributed by atoms with E-state index in [1.54, 1.807) is 0 Å². The van der Waals surface area contributed by atoms with Gasteiger partial charge in [-0.15, -0.1) is 0 Å². The molecule has 2 rings (SSSR count). The van der Waals surface area contributed by atoms with Gasteiger partial charge >= 0.3 is 0 Å². The summed E-state index contributed by atoms with van der Waals surface area (Å²) in [7, 11) is -3.87. The van der Waals surface area contributed by atoms with Crippen molar-refractivity contribution in [2.75, 3.05) is 0 Å². The molecule has 8 heteroatoms. The molecule has 0 heterocycles. The number of nitrogens with two attached hydrogens (primary N) is 1. The third kappa shape index (κ3) is 6.61. The smallest absolute Gasteiger partial charge is 0.252 e. The lowest BCUT2D eigenvalue weighted by Gasteiger charge is -2.15. The van der Waals surface area contributed by atoms with E-state index in [4.69, 9.17) is 9.88 Å². The van der Waals surface area contributed by atoms with E-state index in [2.05, 4.69) is 21.2 Å². The molecule has 1 atom stereocenters. The van der Waals surface area contributed by atoms with Gasteiger partial charge in [0.2, 0.25) is 10.0 Å². The number of halogens is 1. The quantitative estimate of drug-likeness (QED) is 0.617. The fraction of sp³-hybridized carbons (Fsp3) is 0.350. The number of hydrogen-bond acceptors (Lipinski definition) is 4. The minimum atomic E-state index is -3.87. The number of benzene rings is 2. The van der Waals surface area contributed by atoms with Crippen molar-refractivity contribution < 1.29 is 17.9 Å². The lowest BCUT2D eigenvalue weighted by Crippen LogP contribution is -2.33. The van der Waals surface area contributed by atoms with E-state index >= 15 is 0 Å². The van der Waals surface area contributed by atoms with Crippen molar-refractivity contribution in [2.45, 2.75) is 50.7 Å². The number of nitrogens with one attached hydrogen (secondary N) is 1. The second-order valence-corrected chi connectivity index (χ2v) is 9.33. The molecular weight excluding hydrogens is 444 g/mol. The van der Waals surface area contributed by atoms with Crippen LogP contribution in [-0.4, -0.2) is 26.5 Å². The summed E-state index contributed by atoms with van der Waals surface area (Å²) in [5.74, 6) is 0.477. The number of ether oxygens (including phenoxy) is 1. The number of carbonyl (C=O) groups excluding carboxylic acids is 1. The number of amides is 1. The molecule has 0 fully saturated rings. The van der Waals surface area contributed by atoms with E-state index in [9.17, 15) is 13.2 Å². The van der Waals surface area contributed by atoms with Crippen LogP contribution in [0.2, 0.25) is 0 Å². The monoisotopic (exact) mass is 468 g/mol. The molecule has 1 amide bonds. The van der Waals surface area contributed by atoms with Crippen molar-refractivity contribution in [1.29, 1.82) is 0 Å². The molecule has 152 valence electrons. The highest BCUT2D eigenvalue weighted by Crippen LogP contribution is 2.21. The van der Waals surface area contributed by atoms with Gasteiger partial charge in [0.05, 0.1) is 16.6 Å². The van der Waals surface area contributed by atoms with Crippen LogP contribution < -0.4 is 15.2 Å². The second-order valence-electron chi connectivity index (χ2n) is 6.91. The number of primary sulfonamides is 1. The van der Waals surface area contributed by atoms with Crippen molar-refractivity contribution in [3.05, 3.63) is 58.1 Å². The molecule has 0 aliphatic heterocycles. The van der Waals surface area contributed by atoms with Crippen LogP contribution in [-0.2, 0) is 16.4 Å². The zero-order valence-electron chi connectivity index (χ0n) is 16.1. The number of sulfonamides is 1. The van der Waals surface area contributed by atoms with Crippen LogP contribution >= 0.6 is 15.9 Å². The van der Waals surface area contributed by atoms with E-state index < -0.39 is 10.0 Å². The molecule has 1 unspecified atom stereocenters. The van der Waals surface area contributed by atoms with Gasteiger partial charge in [-0.1, -0.05) is 12.1 Å². The Morgan fingerprint density at radius 3 is 2.36 bits per heavy atom. The Balaban J connectivity index is 1.96. The molecule has 3 N–H and O–H groups in total. The molecule has 0 aromatic heterocycles. The molecule has 0 radical (unpaired) electrons. The maximum absolute atomic E-state index is 12.5. The summed E-state index contributed by atoms with van der Waals surface area (Å²) in [4.78, 5) is 12.4. The SMILES string of the molecule is CC(CCc1ccc(OC(C)C)cc1)NC(=O)c1cc(S(N)(=O)=O)ccc1Br. The van der Waals surface area contributed by atoms with E-state index in [1.807, 2.05) is 45.0 Å². The maximum atomic E-state index is 12.5. The lowest BCUT2D eigenvalue weighted by molar-refractivity contribution is 0.0937. The van der Waals surface area contributed by atoms with Crippen molar-refractivity contribution in [3.63, 3.8) is 0 Å². The van der Waals surface area contributed by atoms with Gasteiger partial charge in [-0.25, -0.2) is 13.6 Å². The second kappa shape index (κ2) is 9.54. The van der Waals surface area contributed by atoms with Crippen molar-refractivity contribution in [1.82, 2.24) is 5.32 Å². The number of rotatable bonds is 8. The number of hydrogen-bond donors (Lipinski definition) is 2. The summed E-state index contributed by atoms with van der Waals surface area (Å²) < 4.78 is 29.1. The zero-order chi connectivity index (χ0) is 20.9. The van der Waals surface area contributed by atoms with Crippen LogP contribution in [0.25, 0.3) is 0 Å². The lowest BCUT2D eigenvalue weighted by atomic mass is 10.1. The Labute approximate surface area is 174 Å². The summed E-state index contributed by atoms with van der Waals surface area (Å²) in [6, 6.07) is 11.9. The predicted molar refractivity (Wildman–Crippen MR) is 113 cm³/mol. The molecule has 28 heavy (non-hydrogen) atoms. The number of carbonyl (C=O) groups is 1. The highest BCUT2D eigenvalue weighted by molar-refractivity contribution is 9.10. The molecule has 0 spiro atoms. The Morgan fingerprint density at radius 1 is 1.14 bits per heavy atom. The van der Waals surface area contributed by atoms with Gasteiger partial charge in [0.15, 0.2) is 0 Å². The normalized spacial score (nSPS) is 12.6. The Kier molecular flexibility index (Phi) is 7.63. The van der Waals surface area contributed by atoms with Crippen LogP contribution in [0.1, 0.15) is 43.1 Å². The van der Waals surface area contributed by atoms with E-state index in [1.165, 1.54) is 18.2 Å². The molecule has 0 saturated carbocycles. The van der Waals surface area contributed by atoms with Crippen LogP contribution in [0.4, 0.5) is 0 Å². The minimum absolute atomic E-state index is 0.0934. The van der Waals surface area contributed by atoms with Gasteiger partial charge in [-0.05, 0) is 85.4 Å². The topological polar surface area (TPSA) is 98.5 Å². The first-order valence-electron chi connectivity index (χ1n) is 8.95. The first-order chi connectivity index (χ1) is 13.1. The van der Waals surface area contributed by atoms with Crippen LogP contribution in [0.5, 0.6) is 5.75 Å². The standard InChI is InChI=1S/C20H25BrN2O4S/c1-13(2)27-16-8-6-15(7-9-16)5-4-14(3)23-20(24)18-12-17(28(22,25)26)10-11-19(18)21/h6-14H,4-5H2,1-3H3,(H,23,24)(H2,22,25,26). The van der Waals surface area contributed by atoms with Crippen LogP contribution in [0.15, 0.2) is 51.8 Å². The summed E-state index contributed by atoms with van der Waals surface area (Å²) in [5, 5.41) is 8.04. The van der Waals surface area contributed by atoms with E-state index in [0.29, 0.717) is 4.47 Å². The van der Waals surface area contributed by atoms with Gasteiger partial charge in [0.1, 0.15) is 5.75 Å². The van der Waals surface area contributed by atoms with Crippen molar-refractivity contribution >= 4 is 31.9 Å². The van der Waals surface area contributed by atoms with E-state index in [-0.39, 0.29) is 28.5 Å². The first kappa shape index (κ1) is 22.4. The van der Waals surface area contributed by atoms with Gasteiger partial charge in [-0.3, -0.25) is 4.79 Å². The molecule has 6 nitrogen and oxygen atoms in total. The summed E-state index contributed by atoms with van der Waals surface area (Å²) in [5.41, 5.74) is 1.38. The van der Waals surface area contributed by atoms with Gasteiger partial charge < -0.3 is 10.1 Å². The van der Waals surface area contributed by atoms with Crippen molar-refractivity contribution in [2.24, 2.45) is 5.14 Å². The highest BCUT2D eigenvalue weighted by atomic mass is 79.9. The van der Waals surface area contributed by atoms with Crippen LogP contribution in [0, 0.1) is 0 Å². The third-order valence-electron chi connectivity index (χ3n) is 4.05. The maximum Gasteiger partial charge on any atom is 0.252 e. The van der Waals surface area contributed by atoms with Crippen LogP contribution in [0.3, 0.4) is 0 Å². The average Bonchev–Trinajstić information content (AvgIpc) is 2.60. The molecule has 0 aliphatic rings. The van der Waals surface area contributed by atoms with Crippen molar-refractivity contribution in [3.8, 4) is 5.75 Å². The highest BCUT2D eigenvalue weighted by Gasteiger charge is 2.17. The zero-order valence-corrected chi connectivity index (χ0v) is 18.5. The molecule has 0 saturated heterocycles. The Hall–Kier alpha value is -1.90. The fourth-order valence-corrected chi connectivity index (χ4v) is 3.59. The first-order valence-corrected chi connectivity index (χ1v) is 11.3. The molecule has 2 aromatic carbocycles. The fourth-order valence-electron chi connectivity index (χ4n) is 2.62. The van der Waals surface area contributed by atoms with Gasteiger partial charge in [-0.2, -0.15) is 0 Å². The number of aryl methyl sites for hydroxylation is 1. The summed E-state index contributed by atoms with van der Waals surface area (Å²) in [6.45, 7) is 5.87. The molecule has 2 aromatic rings.